The Labute approximate surface area is 131 Å². The Kier molecular flexibility index (Phi) is 4.10. The first-order valence-corrected chi connectivity index (χ1v) is 9.29. The van der Waals surface area contributed by atoms with Crippen molar-refractivity contribution in [2.24, 2.45) is 0 Å². The number of nitrogens with one attached hydrogen (secondary N) is 1. The number of imidazole rings is 1. The van der Waals surface area contributed by atoms with Gasteiger partial charge in [0.1, 0.15) is 0 Å². The van der Waals surface area contributed by atoms with E-state index in [0.717, 1.165) is 17.0 Å². The van der Waals surface area contributed by atoms with Crippen LogP contribution in [0.4, 0.5) is 5.95 Å². The maximum atomic E-state index is 12.1. The minimum atomic E-state index is -3.09. The lowest BCUT2D eigenvalue weighted by molar-refractivity contribution is 0.383. The number of piperazine rings is 1. The van der Waals surface area contributed by atoms with E-state index >= 15 is 0 Å². The lowest BCUT2D eigenvalue weighted by Gasteiger charge is -2.33. The van der Waals surface area contributed by atoms with E-state index in [1.54, 1.807) is 4.31 Å². The van der Waals surface area contributed by atoms with E-state index < -0.39 is 10.0 Å². The predicted octanol–water partition coefficient (Wildman–Crippen LogP) is 1.73. The molecule has 2 aromatic rings. The number of sulfonamides is 1. The second-order valence-corrected chi connectivity index (χ2v) is 7.87. The standard InChI is InChI=1S/C15H22N4O2S/c1-3-10-22(20,21)19-8-6-18(7-9-19)15-16-13-5-4-12(2)11-14(13)17-15/h4-5,11H,3,6-10H2,1-2H3,(H,16,17). The molecule has 7 heteroatoms. The van der Waals surface area contributed by atoms with Gasteiger partial charge in [-0.3, -0.25) is 0 Å². The molecule has 1 fully saturated rings. The molecule has 1 aromatic carbocycles. The van der Waals surface area contributed by atoms with Crippen LogP contribution in [0.2, 0.25) is 0 Å². The molecule has 3 rings (SSSR count). The highest BCUT2D eigenvalue weighted by atomic mass is 32.2. The van der Waals surface area contributed by atoms with Crippen LogP contribution >= 0.6 is 0 Å². The molecule has 22 heavy (non-hydrogen) atoms. The molecule has 1 aliphatic heterocycles. The molecule has 0 bridgehead atoms. The Balaban J connectivity index is 1.72. The first-order chi connectivity index (χ1) is 10.5. The smallest absolute Gasteiger partial charge is 0.214 e. The van der Waals surface area contributed by atoms with E-state index in [-0.39, 0.29) is 5.75 Å². The summed E-state index contributed by atoms with van der Waals surface area (Å²) >= 11 is 0. The Morgan fingerprint density at radius 2 is 1.95 bits per heavy atom. The third kappa shape index (κ3) is 2.96. The number of fused-ring (bicyclic) bond motifs is 1. The zero-order valence-electron chi connectivity index (χ0n) is 13.0. The molecule has 120 valence electrons. The van der Waals surface area contributed by atoms with E-state index in [0.29, 0.717) is 32.6 Å². The largest absolute Gasteiger partial charge is 0.340 e. The quantitative estimate of drug-likeness (QED) is 0.931. The Bertz CT molecular complexity index is 761. The average Bonchev–Trinajstić information content (AvgIpc) is 2.90. The van der Waals surface area contributed by atoms with Crippen LogP contribution < -0.4 is 4.90 Å². The number of aryl methyl sites for hydroxylation is 1. The normalized spacial score (nSPS) is 17.3. The third-order valence-electron chi connectivity index (χ3n) is 4.02. The molecule has 2 heterocycles. The third-order valence-corrected chi connectivity index (χ3v) is 6.09. The minimum absolute atomic E-state index is 0.233. The van der Waals surface area contributed by atoms with E-state index in [9.17, 15) is 8.42 Å². The van der Waals surface area contributed by atoms with Gasteiger partial charge in [0.25, 0.3) is 0 Å². The molecule has 6 nitrogen and oxygen atoms in total. The van der Waals surface area contributed by atoms with Crippen LogP contribution in [0.15, 0.2) is 18.2 Å². The van der Waals surface area contributed by atoms with Gasteiger partial charge in [0, 0.05) is 26.2 Å². The maximum Gasteiger partial charge on any atom is 0.214 e. The van der Waals surface area contributed by atoms with Gasteiger partial charge in [0.15, 0.2) is 0 Å². The second kappa shape index (κ2) is 5.89. The highest BCUT2D eigenvalue weighted by Gasteiger charge is 2.27. The van der Waals surface area contributed by atoms with E-state index in [2.05, 4.69) is 27.9 Å². The van der Waals surface area contributed by atoms with Crippen LogP contribution in [-0.4, -0.2) is 54.6 Å². The number of aromatic nitrogens is 2. The molecule has 0 spiro atoms. The highest BCUT2D eigenvalue weighted by molar-refractivity contribution is 7.89. The number of nitrogens with zero attached hydrogens (tertiary/aromatic N) is 3. The first-order valence-electron chi connectivity index (χ1n) is 7.69. The van der Waals surface area contributed by atoms with E-state index in [1.807, 2.05) is 19.1 Å². The number of H-pyrrole nitrogens is 1. The van der Waals surface area contributed by atoms with Gasteiger partial charge in [-0.2, -0.15) is 4.31 Å². The van der Waals surface area contributed by atoms with Gasteiger partial charge in [-0.15, -0.1) is 0 Å². The van der Waals surface area contributed by atoms with Crippen molar-refractivity contribution >= 4 is 27.0 Å². The Morgan fingerprint density at radius 1 is 1.23 bits per heavy atom. The molecule has 0 atom stereocenters. The lowest BCUT2D eigenvalue weighted by atomic mass is 10.2. The number of rotatable bonds is 4. The van der Waals surface area contributed by atoms with E-state index in [4.69, 9.17) is 0 Å². The van der Waals surface area contributed by atoms with Gasteiger partial charge in [-0.05, 0) is 31.0 Å². The number of benzene rings is 1. The second-order valence-electron chi connectivity index (χ2n) is 5.78. The van der Waals surface area contributed by atoms with Crippen LogP contribution in [-0.2, 0) is 10.0 Å². The fourth-order valence-electron chi connectivity index (χ4n) is 2.82. The number of aromatic amines is 1. The summed E-state index contributed by atoms with van der Waals surface area (Å²) in [4.78, 5) is 10.1. The zero-order valence-corrected chi connectivity index (χ0v) is 13.9. The molecule has 1 aromatic heterocycles. The maximum absolute atomic E-state index is 12.1. The van der Waals surface area contributed by atoms with Gasteiger partial charge in [-0.1, -0.05) is 13.0 Å². The summed E-state index contributed by atoms with van der Waals surface area (Å²) in [5.74, 6) is 1.06. The Hall–Kier alpha value is -1.60. The molecular formula is C15H22N4O2S. The van der Waals surface area contributed by atoms with Crippen LogP contribution in [0.5, 0.6) is 0 Å². The van der Waals surface area contributed by atoms with Gasteiger partial charge >= 0.3 is 0 Å². The fourth-order valence-corrected chi connectivity index (χ4v) is 4.32. The van der Waals surface area contributed by atoms with Crippen molar-refractivity contribution in [3.8, 4) is 0 Å². The van der Waals surface area contributed by atoms with Crippen LogP contribution in [0, 0.1) is 6.92 Å². The van der Waals surface area contributed by atoms with Crippen molar-refractivity contribution < 1.29 is 8.42 Å². The highest BCUT2D eigenvalue weighted by Crippen LogP contribution is 2.20. The summed E-state index contributed by atoms with van der Waals surface area (Å²) in [5, 5.41) is 0. The molecule has 0 aliphatic carbocycles. The lowest BCUT2D eigenvalue weighted by Crippen LogP contribution is -2.49. The van der Waals surface area contributed by atoms with Crippen molar-refractivity contribution in [3.63, 3.8) is 0 Å². The topological polar surface area (TPSA) is 69.3 Å². The summed E-state index contributed by atoms with van der Waals surface area (Å²) < 4.78 is 25.8. The molecule has 0 amide bonds. The number of anilines is 1. The van der Waals surface area contributed by atoms with Crippen LogP contribution in [0.3, 0.4) is 0 Å². The average molecular weight is 322 g/mol. The summed E-state index contributed by atoms with van der Waals surface area (Å²) in [7, 11) is -3.09. The predicted molar refractivity (Wildman–Crippen MR) is 88.7 cm³/mol. The van der Waals surface area contributed by atoms with Crippen LogP contribution in [0.1, 0.15) is 18.9 Å². The van der Waals surface area contributed by atoms with Crippen molar-refractivity contribution in [2.45, 2.75) is 20.3 Å². The molecule has 1 aliphatic rings. The molecular weight excluding hydrogens is 300 g/mol. The summed E-state index contributed by atoms with van der Waals surface area (Å²) in [6.45, 7) is 6.34. The van der Waals surface area contributed by atoms with E-state index in [1.165, 1.54) is 5.56 Å². The van der Waals surface area contributed by atoms with Crippen LogP contribution in [0.25, 0.3) is 11.0 Å². The minimum Gasteiger partial charge on any atom is -0.340 e. The van der Waals surface area contributed by atoms with Gasteiger partial charge in [0.05, 0.1) is 16.8 Å². The summed E-state index contributed by atoms with van der Waals surface area (Å²) in [6.07, 6.45) is 0.658. The summed E-state index contributed by atoms with van der Waals surface area (Å²) in [5.41, 5.74) is 3.16. The number of hydrogen-bond donors (Lipinski definition) is 1. The van der Waals surface area contributed by atoms with Crippen molar-refractivity contribution in [1.82, 2.24) is 14.3 Å². The monoisotopic (exact) mass is 322 g/mol. The fraction of sp³-hybridized carbons (Fsp3) is 0.533. The van der Waals surface area contributed by atoms with Gasteiger partial charge < -0.3 is 9.88 Å². The first kappa shape index (κ1) is 15.3. The molecule has 0 saturated carbocycles. The van der Waals surface area contributed by atoms with Crippen molar-refractivity contribution in [3.05, 3.63) is 23.8 Å². The zero-order chi connectivity index (χ0) is 15.7. The Morgan fingerprint density at radius 3 is 2.64 bits per heavy atom. The molecule has 0 radical (unpaired) electrons. The molecule has 1 saturated heterocycles. The SMILES string of the molecule is CCCS(=O)(=O)N1CCN(c2nc3ccc(C)cc3[nH]2)CC1. The summed E-state index contributed by atoms with van der Waals surface area (Å²) in [6, 6.07) is 6.13. The van der Waals surface area contributed by atoms with Gasteiger partial charge in [0.2, 0.25) is 16.0 Å². The molecule has 1 N–H and O–H groups in total. The van der Waals surface area contributed by atoms with Crippen molar-refractivity contribution in [1.29, 1.82) is 0 Å². The number of hydrogen-bond acceptors (Lipinski definition) is 4. The van der Waals surface area contributed by atoms with Gasteiger partial charge in [-0.25, -0.2) is 13.4 Å². The van der Waals surface area contributed by atoms with Crippen molar-refractivity contribution in [2.75, 3.05) is 36.8 Å². The molecule has 0 unspecified atom stereocenters.